The molecule has 0 aromatic carbocycles. The maximum absolute atomic E-state index is 11.9. The van der Waals surface area contributed by atoms with Crippen LogP contribution in [-0.2, 0) is 4.74 Å². The van der Waals surface area contributed by atoms with Gasteiger partial charge in [0.1, 0.15) is 5.60 Å². The Labute approximate surface area is 135 Å². The average Bonchev–Trinajstić information content (AvgIpc) is 3.03. The molecule has 5 unspecified atom stereocenters. The minimum atomic E-state index is -0.446. The molecular formula is C18H32N2O2. The Balaban J connectivity index is 1.74. The zero-order valence-corrected chi connectivity index (χ0v) is 14.7. The fourth-order valence-electron chi connectivity index (χ4n) is 3.65. The van der Waals surface area contributed by atoms with Crippen LogP contribution >= 0.6 is 0 Å². The highest BCUT2D eigenvalue weighted by Gasteiger charge is 2.38. The van der Waals surface area contributed by atoms with Gasteiger partial charge in [0.05, 0.1) is 0 Å². The molecule has 0 heterocycles. The van der Waals surface area contributed by atoms with E-state index in [0.717, 1.165) is 30.7 Å². The van der Waals surface area contributed by atoms with Gasteiger partial charge < -0.3 is 15.4 Å². The first-order chi connectivity index (χ1) is 10.3. The molecule has 2 aliphatic rings. The predicted molar refractivity (Wildman–Crippen MR) is 89.8 cm³/mol. The van der Waals surface area contributed by atoms with Crippen LogP contribution in [0.2, 0.25) is 0 Å². The maximum Gasteiger partial charge on any atom is 0.407 e. The second-order valence-corrected chi connectivity index (χ2v) is 7.89. The Hall–Kier alpha value is -1.03. The van der Waals surface area contributed by atoms with Crippen LogP contribution < -0.4 is 10.6 Å². The van der Waals surface area contributed by atoms with Gasteiger partial charge in [-0.05, 0) is 64.7 Å². The Morgan fingerprint density at radius 2 is 2.05 bits per heavy atom. The number of hydrogen-bond acceptors (Lipinski definition) is 3. The lowest BCUT2D eigenvalue weighted by Gasteiger charge is -2.29. The fourth-order valence-corrected chi connectivity index (χ4v) is 3.65. The van der Waals surface area contributed by atoms with Crippen LogP contribution in [0.4, 0.5) is 4.79 Å². The number of amides is 1. The van der Waals surface area contributed by atoms with Crippen molar-refractivity contribution in [1.29, 1.82) is 0 Å². The summed E-state index contributed by atoms with van der Waals surface area (Å²) < 4.78 is 5.33. The van der Waals surface area contributed by atoms with E-state index in [4.69, 9.17) is 4.74 Å². The molecule has 0 aromatic heterocycles. The summed E-state index contributed by atoms with van der Waals surface area (Å²) in [7, 11) is 0. The van der Waals surface area contributed by atoms with Gasteiger partial charge in [0.25, 0.3) is 0 Å². The molecule has 1 amide bonds. The maximum atomic E-state index is 11.9. The number of rotatable bonds is 6. The van der Waals surface area contributed by atoms with Crippen molar-refractivity contribution in [2.24, 2.45) is 17.8 Å². The molecule has 1 saturated carbocycles. The van der Waals surface area contributed by atoms with Gasteiger partial charge in [-0.3, -0.25) is 0 Å². The van der Waals surface area contributed by atoms with Crippen molar-refractivity contribution in [1.82, 2.24) is 10.6 Å². The van der Waals surface area contributed by atoms with Gasteiger partial charge in [0.15, 0.2) is 0 Å². The van der Waals surface area contributed by atoms with E-state index in [1.807, 2.05) is 20.8 Å². The first-order valence-electron chi connectivity index (χ1n) is 8.69. The van der Waals surface area contributed by atoms with Crippen molar-refractivity contribution in [3.05, 3.63) is 12.2 Å². The lowest BCUT2D eigenvalue weighted by molar-refractivity contribution is 0.0501. The summed E-state index contributed by atoms with van der Waals surface area (Å²) in [6.07, 6.45) is 8.00. The normalized spacial score (nSPS) is 29.4. The SMILES string of the molecule is CCC(CNC(C)C1CC2C=CC1C2)NC(=O)OC(C)(C)C. The predicted octanol–water partition coefficient (Wildman–Crippen LogP) is 3.48. The van der Waals surface area contributed by atoms with E-state index in [0.29, 0.717) is 6.04 Å². The standard InChI is InChI=1S/C18H32N2O2/c1-6-15(20-17(21)22-18(3,4)5)11-19-12(2)16-10-13-7-8-14(16)9-13/h7-8,12-16,19H,6,9-11H2,1-5H3,(H,20,21). The summed E-state index contributed by atoms with van der Waals surface area (Å²) in [5, 5.41) is 6.59. The quantitative estimate of drug-likeness (QED) is 0.739. The van der Waals surface area contributed by atoms with Crippen molar-refractivity contribution >= 4 is 6.09 Å². The third-order valence-corrected chi connectivity index (χ3v) is 4.87. The number of alkyl carbamates (subject to hydrolysis) is 1. The van der Waals surface area contributed by atoms with E-state index in [1.54, 1.807) is 0 Å². The Morgan fingerprint density at radius 1 is 1.32 bits per heavy atom. The zero-order valence-electron chi connectivity index (χ0n) is 14.7. The summed E-state index contributed by atoms with van der Waals surface area (Å²) in [6, 6.07) is 0.612. The molecule has 1 fully saturated rings. The van der Waals surface area contributed by atoms with Crippen molar-refractivity contribution in [2.75, 3.05) is 6.54 Å². The van der Waals surface area contributed by atoms with Crippen LogP contribution in [-0.4, -0.2) is 30.3 Å². The molecular weight excluding hydrogens is 276 g/mol. The van der Waals surface area contributed by atoms with E-state index in [2.05, 4.69) is 36.6 Å². The molecule has 4 heteroatoms. The number of ether oxygens (including phenoxy) is 1. The molecule has 0 saturated heterocycles. The smallest absolute Gasteiger partial charge is 0.407 e. The molecule has 0 aromatic rings. The average molecular weight is 308 g/mol. The minimum absolute atomic E-state index is 0.117. The number of carbonyl (C=O) groups is 1. The molecule has 0 radical (unpaired) electrons. The molecule has 2 bridgehead atoms. The molecule has 4 nitrogen and oxygen atoms in total. The molecule has 0 spiro atoms. The highest BCUT2D eigenvalue weighted by molar-refractivity contribution is 5.68. The Bertz CT molecular complexity index is 414. The lowest BCUT2D eigenvalue weighted by Crippen LogP contribution is -2.47. The van der Waals surface area contributed by atoms with Gasteiger partial charge in [0.2, 0.25) is 0 Å². The van der Waals surface area contributed by atoms with Gasteiger partial charge in [-0.15, -0.1) is 0 Å². The van der Waals surface area contributed by atoms with Crippen LogP contribution in [0.25, 0.3) is 0 Å². The molecule has 22 heavy (non-hydrogen) atoms. The summed E-state index contributed by atoms with van der Waals surface area (Å²) >= 11 is 0. The third-order valence-electron chi connectivity index (χ3n) is 4.87. The summed E-state index contributed by atoms with van der Waals surface area (Å²) in [5.74, 6) is 2.31. The molecule has 2 N–H and O–H groups in total. The van der Waals surface area contributed by atoms with Crippen LogP contribution in [0, 0.1) is 17.8 Å². The largest absolute Gasteiger partial charge is 0.444 e. The summed E-state index contributed by atoms with van der Waals surface area (Å²) in [5.41, 5.74) is -0.446. The highest BCUT2D eigenvalue weighted by Crippen LogP contribution is 2.44. The van der Waals surface area contributed by atoms with Gasteiger partial charge in [-0.1, -0.05) is 19.1 Å². The van der Waals surface area contributed by atoms with Crippen LogP contribution in [0.1, 0.15) is 53.9 Å². The van der Waals surface area contributed by atoms with E-state index >= 15 is 0 Å². The molecule has 2 rings (SSSR count). The van der Waals surface area contributed by atoms with Gasteiger partial charge in [0, 0.05) is 18.6 Å². The first-order valence-corrected chi connectivity index (χ1v) is 8.69. The van der Waals surface area contributed by atoms with Gasteiger partial charge in [-0.2, -0.15) is 0 Å². The number of hydrogen-bond donors (Lipinski definition) is 2. The van der Waals surface area contributed by atoms with Crippen LogP contribution in [0.3, 0.4) is 0 Å². The second-order valence-electron chi connectivity index (χ2n) is 7.89. The molecule has 2 aliphatic carbocycles. The highest BCUT2D eigenvalue weighted by atomic mass is 16.6. The Kier molecular flexibility index (Phi) is 5.54. The zero-order chi connectivity index (χ0) is 16.3. The summed E-state index contributed by atoms with van der Waals surface area (Å²) in [6.45, 7) is 10.8. The van der Waals surface area contributed by atoms with E-state index in [1.165, 1.54) is 12.8 Å². The van der Waals surface area contributed by atoms with Crippen molar-refractivity contribution in [2.45, 2.75) is 71.6 Å². The second kappa shape index (κ2) is 7.03. The van der Waals surface area contributed by atoms with E-state index in [-0.39, 0.29) is 12.1 Å². The number of nitrogens with one attached hydrogen (secondary N) is 2. The third kappa shape index (κ3) is 4.73. The first kappa shape index (κ1) is 17.3. The topological polar surface area (TPSA) is 50.4 Å². The number of allylic oxidation sites excluding steroid dienone is 2. The van der Waals surface area contributed by atoms with Crippen molar-refractivity contribution in [3.63, 3.8) is 0 Å². The molecule has 5 atom stereocenters. The van der Waals surface area contributed by atoms with Crippen LogP contribution in [0.15, 0.2) is 12.2 Å². The van der Waals surface area contributed by atoms with Crippen molar-refractivity contribution < 1.29 is 9.53 Å². The number of fused-ring (bicyclic) bond motifs is 2. The van der Waals surface area contributed by atoms with E-state index < -0.39 is 5.60 Å². The van der Waals surface area contributed by atoms with Crippen LogP contribution in [0.5, 0.6) is 0 Å². The van der Waals surface area contributed by atoms with E-state index in [9.17, 15) is 4.79 Å². The Morgan fingerprint density at radius 3 is 2.55 bits per heavy atom. The lowest BCUT2D eigenvalue weighted by atomic mass is 9.87. The molecule has 126 valence electrons. The summed E-state index contributed by atoms with van der Waals surface area (Å²) in [4.78, 5) is 11.9. The molecule has 0 aliphatic heterocycles. The monoisotopic (exact) mass is 308 g/mol. The van der Waals surface area contributed by atoms with Gasteiger partial charge >= 0.3 is 6.09 Å². The van der Waals surface area contributed by atoms with Gasteiger partial charge in [-0.25, -0.2) is 4.79 Å². The fraction of sp³-hybridized carbons (Fsp3) is 0.833. The van der Waals surface area contributed by atoms with Crippen molar-refractivity contribution in [3.8, 4) is 0 Å². The number of carbonyl (C=O) groups excluding carboxylic acids is 1. The minimum Gasteiger partial charge on any atom is -0.444 e.